The standard InChI is InChI=1S/C26H31BrN4O3/c1-16-8-10-20(22(13-16)33-5)23-19-11-9-17(27)14-21(19)24(30-29-23)28-18-7-6-12-31(15-18)25(32)34-26(2,3)4/h8-11,13-14,18H,6-7,12,15H2,1-5H3,(H,28,30). The molecule has 0 aliphatic carbocycles. The van der Waals surface area contributed by atoms with Gasteiger partial charge in [0.15, 0.2) is 5.82 Å². The summed E-state index contributed by atoms with van der Waals surface area (Å²) < 4.78 is 12.2. The van der Waals surface area contributed by atoms with E-state index in [-0.39, 0.29) is 12.1 Å². The number of nitrogens with one attached hydrogen (secondary N) is 1. The summed E-state index contributed by atoms with van der Waals surface area (Å²) in [4.78, 5) is 14.4. The van der Waals surface area contributed by atoms with Crippen LogP contribution in [0, 0.1) is 6.92 Å². The second kappa shape index (κ2) is 9.78. The highest BCUT2D eigenvalue weighted by atomic mass is 79.9. The second-order valence-electron chi connectivity index (χ2n) is 9.70. The summed E-state index contributed by atoms with van der Waals surface area (Å²) in [6, 6.07) is 12.2. The summed E-state index contributed by atoms with van der Waals surface area (Å²) in [5, 5.41) is 14.6. The first-order chi connectivity index (χ1) is 16.1. The van der Waals surface area contributed by atoms with Crippen LogP contribution in [0.2, 0.25) is 0 Å². The Hall–Kier alpha value is -2.87. The molecule has 1 aromatic heterocycles. The third-order valence-electron chi connectivity index (χ3n) is 5.77. The van der Waals surface area contributed by atoms with Gasteiger partial charge in [0.1, 0.15) is 17.0 Å². The lowest BCUT2D eigenvalue weighted by Crippen LogP contribution is -2.47. The molecule has 1 amide bonds. The Balaban J connectivity index is 1.65. The topological polar surface area (TPSA) is 76.6 Å². The largest absolute Gasteiger partial charge is 0.496 e. The highest BCUT2D eigenvalue weighted by Gasteiger charge is 2.28. The van der Waals surface area contributed by atoms with Crippen LogP contribution in [0.4, 0.5) is 10.6 Å². The molecule has 1 atom stereocenters. The van der Waals surface area contributed by atoms with Gasteiger partial charge in [0, 0.05) is 39.9 Å². The number of halogens is 1. The van der Waals surface area contributed by atoms with Crippen molar-refractivity contribution in [3.8, 4) is 17.0 Å². The van der Waals surface area contributed by atoms with Crippen molar-refractivity contribution in [2.45, 2.75) is 52.2 Å². The number of methoxy groups -OCH3 is 1. The first-order valence-corrected chi connectivity index (χ1v) is 12.3. The minimum Gasteiger partial charge on any atom is -0.496 e. The van der Waals surface area contributed by atoms with Gasteiger partial charge in [-0.05, 0) is 70.4 Å². The van der Waals surface area contributed by atoms with Crippen LogP contribution < -0.4 is 10.1 Å². The van der Waals surface area contributed by atoms with Gasteiger partial charge in [0.25, 0.3) is 0 Å². The van der Waals surface area contributed by atoms with Crippen molar-refractivity contribution in [2.75, 3.05) is 25.5 Å². The molecule has 1 fully saturated rings. The third kappa shape index (κ3) is 5.43. The Morgan fingerprint density at radius 3 is 2.68 bits per heavy atom. The molecule has 1 saturated heterocycles. The fourth-order valence-electron chi connectivity index (χ4n) is 4.21. The fraction of sp³-hybridized carbons (Fsp3) is 0.423. The number of hydrogen-bond acceptors (Lipinski definition) is 6. The Labute approximate surface area is 209 Å². The Bertz CT molecular complexity index is 1210. The average molecular weight is 527 g/mol. The molecule has 7 nitrogen and oxygen atoms in total. The monoisotopic (exact) mass is 526 g/mol. The first-order valence-electron chi connectivity index (χ1n) is 11.5. The zero-order chi connectivity index (χ0) is 24.5. The van der Waals surface area contributed by atoms with E-state index >= 15 is 0 Å². The Kier molecular flexibility index (Phi) is 6.98. The van der Waals surface area contributed by atoms with Gasteiger partial charge in [0.05, 0.1) is 7.11 Å². The molecular formula is C26H31BrN4O3. The number of piperidine rings is 1. The molecule has 2 aromatic carbocycles. The first kappa shape index (κ1) is 24.3. The lowest BCUT2D eigenvalue weighted by atomic mass is 10.0. The van der Waals surface area contributed by atoms with Crippen LogP contribution in [0.3, 0.4) is 0 Å². The Morgan fingerprint density at radius 1 is 1.15 bits per heavy atom. The number of likely N-dealkylation sites (tertiary alicyclic amines) is 1. The van der Waals surface area contributed by atoms with Crippen LogP contribution in [0.15, 0.2) is 40.9 Å². The summed E-state index contributed by atoms with van der Waals surface area (Å²) in [7, 11) is 1.67. The van der Waals surface area contributed by atoms with Crippen LogP contribution in [-0.4, -0.2) is 53.0 Å². The van der Waals surface area contributed by atoms with Crippen LogP contribution >= 0.6 is 15.9 Å². The predicted molar refractivity (Wildman–Crippen MR) is 138 cm³/mol. The maximum absolute atomic E-state index is 12.6. The predicted octanol–water partition coefficient (Wildman–Crippen LogP) is 6.19. The summed E-state index contributed by atoms with van der Waals surface area (Å²) in [6.07, 6.45) is 1.55. The van der Waals surface area contributed by atoms with Crippen LogP contribution in [0.5, 0.6) is 5.75 Å². The number of ether oxygens (including phenoxy) is 2. The minimum absolute atomic E-state index is 0.0533. The fourth-order valence-corrected chi connectivity index (χ4v) is 4.57. The number of carbonyl (C=O) groups is 1. The number of amides is 1. The van der Waals surface area contributed by atoms with Crippen LogP contribution in [-0.2, 0) is 4.74 Å². The molecule has 0 spiro atoms. The van der Waals surface area contributed by atoms with E-state index in [9.17, 15) is 4.79 Å². The molecule has 0 radical (unpaired) electrons. The zero-order valence-corrected chi connectivity index (χ0v) is 21.9. The lowest BCUT2D eigenvalue weighted by molar-refractivity contribution is 0.0206. The van der Waals surface area contributed by atoms with E-state index < -0.39 is 5.60 Å². The molecule has 8 heteroatoms. The van der Waals surface area contributed by atoms with Crippen molar-refractivity contribution in [1.29, 1.82) is 0 Å². The SMILES string of the molecule is COc1cc(C)ccc1-c1nnc(NC2CCCN(C(=O)OC(C)(C)C)C2)c2cc(Br)ccc12. The number of nitrogens with zero attached hydrogens (tertiary/aromatic N) is 3. The van der Waals surface area contributed by atoms with E-state index in [0.29, 0.717) is 18.9 Å². The zero-order valence-electron chi connectivity index (χ0n) is 20.3. The lowest BCUT2D eigenvalue weighted by Gasteiger charge is -2.34. The number of hydrogen-bond donors (Lipinski definition) is 1. The normalized spacial score (nSPS) is 16.4. The van der Waals surface area contributed by atoms with Crippen molar-refractivity contribution in [3.05, 3.63) is 46.4 Å². The van der Waals surface area contributed by atoms with E-state index in [1.807, 2.05) is 64.1 Å². The quantitative estimate of drug-likeness (QED) is 0.436. The minimum atomic E-state index is -0.516. The summed E-state index contributed by atoms with van der Waals surface area (Å²) in [5.41, 5.74) is 2.26. The molecule has 0 bridgehead atoms. The third-order valence-corrected chi connectivity index (χ3v) is 6.26. The molecule has 2 heterocycles. The molecule has 34 heavy (non-hydrogen) atoms. The molecule has 0 saturated carbocycles. The number of carbonyl (C=O) groups excluding carboxylic acids is 1. The summed E-state index contributed by atoms with van der Waals surface area (Å²) in [5.74, 6) is 1.46. The number of fused-ring (bicyclic) bond motifs is 1. The van der Waals surface area contributed by atoms with Gasteiger partial charge in [0.2, 0.25) is 0 Å². The number of rotatable bonds is 4. The molecule has 3 aromatic rings. The molecule has 4 rings (SSSR count). The molecule has 1 aliphatic rings. The van der Waals surface area contributed by atoms with Crippen molar-refractivity contribution >= 4 is 38.6 Å². The number of aryl methyl sites for hydroxylation is 1. The molecule has 1 N–H and O–H groups in total. The van der Waals surface area contributed by atoms with E-state index in [2.05, 4.69) is 31.4 Å². The van der Waals surface area contributed by atoms with Gasteiger partial charge in [-0.1, -0.05) is 28.1 Å². The van der Waals surface area contributed by atoms with Crippen molar-refractivity contribution in [3.63, 3.8) is 0 Å². The van der Waals surface area contributed by atoms with Crippen molar-refractivity contribution < 1.29 is 14.3 Å². The van der Waals surface area contributed by atoms with Gasteiger partial charge >= 0.3 is 6.09 Å². The van der Waals surface area contributed by atoms with Gasteiger partial charge in [-0.3, -0.25) is 0 Å². The van der Waals surface area contributed by atoms with E-state index in [1.165, 1.54) is 0 Å². The van der Waals surface area contributed by atoms with E-state index in [1.54, 1.807) is 12.0 Å². The van der Waals surface area contributed by atoms with Crippen molar-refractivity contribution in [2.24, 2.45) is 0 Å². The maximum Gasteiger partial charge on any atom is 0.410 e. The smallest absolute Gasteiger partial charge is 0.410 e. The summed E-state index contributed by atoms with van der Waals surface area (Å²) >= 11 is 3.60. The van der Waals surface area contributed by atoms with Gasteiger partial charge < -0.3 is 19.7 Å². The second-order valence-corrected chi connectivity index (χ2v) is 10.6. The van der Waals surface area contributed by atoms with Gasteiger partial charge in [-0.2, -0.15) is 0 Å². The molecule has 1 aliphatic heterocycles. The Morgan fingerprint density at radius 2 is 1.94 bits per heavy atom. The molecule has 180 valence electrons. The number of anilines is 1. The van der Waals surface area contributed by atoms with Crippen molar-refractivity contribution in [1.82, 2.24) is 15.1 Å². The average Bonchev–Trinajstić information content (AvgIpc) is 2.78. The van der Waals surface area contributed by atoms with E-state index in [0.717, 1.165) is 50.7 Å². The number of benzene rings is 2. The highest BCUT2D eigenvalue weighted by Crippen LogP contribution is 2.37. The molecular weight excluding hydrogens is 496 g/mol. The number of aromatic nitrogens is 2. The van der Waals surface area contributed by atoms with Crippen LogP contribution in [0.1, 0.15) is 39.2 Å². The summed E-state index contributed by atoms with van der Waals surface area (Å²) in [6.45, 7) is 8.93. The highest BCUT2D eigenvalue weighted by molar-refractivity contribution is 9.10. The van der Waals surface area contributed by atoms with Gasteiger partial charge in [-0.25, -0.2) is 4.79 Å². The maximum atomic E-state index is 12.6. The molecule has 1 unspecified atom stereocenters. The van der Waals surface area contributed by atoms with Crippen LogP contribution in [0.25, 0.3) is 22.0 Å². The van der Waals surface area contributed by atoms with E-state index in [4.69, 9.17) is 9.47 Å². The van der Waals surface area contributed by atoms with Gasteiger partial charge in [-0.15, -0.1) is 10.2 Å².